The lowest BCUT2D eigenvalue weighted by atomic mass is 10.3. The number of aromatic nitrogens is 2. The number of pyridine rings is 1. The van der Waals surface area contributed by atoms with E-state index in [-0.39, 0.29) is 5.69 Å². The van der Waals surface area contributed by atoms with Crippen LogP contribution in [0.25, 0.3) is 5.52 Å². The summed E-state index contributed by atoms with van der Waals surface area (Å²) >= 11 is 0. The number of nitrogen functional groups attached to an aromatic ring is 1. The minimum absolute atomic E-state index is 0.0209. The molecule has 0 saturated carbocycles. The molecule has 0 spiro atoms. The molecule has 0 unspecified atom stereocenters. The lowest BCUT2D eigenvalue weighted by molar-refractivity contribution is 0.0693. The molecular formula is C12H16N4O2. The van der Waals surface area contributed by atoms with Gasteiger partial charge in [0.25, 0.3) is 0 Å². The van der Waals surface area contributed by atoms with Gasteiger partial charge in [-0.15, -0.1) is 0 Å². The predicted octanol–water partition coefficient (Wildman–Crippen LogP) is 0.767. The van der Waals surface area contributed by atoms with Crippen LogP contribution >= 0.6 is 0 Å². The molecule has 0 bridgehead atoms. The Hall–Kier alpha value is -2.08. The molecule has 0 aromatic carbocycles. The molecule has 0 atom stereocenters. The Bertz CT molecular complexity index is 577. The van der Waals surface area contributed by atoms with Gasteiger partial charge in [0.1, 0.15) is 11.3 Å². The van der Waals surface area contributed by atoms with Crippen molar-refractivity contribution >= 4 is 17.2 Å². The molecule has 0 aliphatic rings. The van der Waals surface area contributed by atoms with E-state index in [2.05, 4.69) is 10.3 Å². The van der Waals surface area contributed by atoms with Gasteiger partial charge in [-0.3, -0.25) is 0 Å². The molecular weight excluding hydrogens is 232 g/mol. The lowest BCUT2D eigenvalue weighted by Crippen LogP contribution is -2.09. The van der Waals surface area contributed by atoms with Gasteiger partial charge in [0.15, 0.2) is 5.69 Å². The molecule has 2 heterocycles. The van der Waals surface area contributed by atoms with Crippen LogP contribution in [0.1, 0.15) is 22.7 Å². The molecule has 6 heteroatoms. The summed E-state index contributed by atoms with van der Waals surface area (Å²) in [5.41, 5.74) is 6.76. The van der Waals surface area contributed by atoms with Crippen LogP contribution in [0.15, 0.2) is 18.3 Å². The number of anilines is 1. The molecule has 2 aromatic heterocycles. The van der Waals surface area contributed by atoms with E-state index in [0.717, 1.165) is 18.8 Å². The van der Waals surface area contributed by atoms with Crippen molar-refractivity contribution in [2.24, 2.45) is 0 Å². The van der Waals surface area contributed by atoms with Crippen molar-refractivity contribution in [2.45, 2.75) is 12.8 Å². The van der Waals surface area contributed by atoms with Gasteiger partial charge < -0.3 is 20.6 Å². The van der Waals surface area contributed by atoms with Gasteiger partial charge in [-0.1, -0.05) is 0 Å². The number of imidazole rings is 1. The van der Waals surface area contributed by atoms with Crippen LogP contribution in [0.4, 0.5) is 5.69 Å². The van der Waals surface area contributed by atoms with Crippen molar-refractivity contribution in [2.75, 3.05) is 19.3 Å². The minimum atomic E-state index is -1.05. The number of carboxylic acids is 1. The second-order valence-corrected chi connectivity index (χ2v) is 4.07. The Kier molecular flexibility index (Phi) is 3.47. The summed E-state index contributed by atoms with van der Waals surface area (Å²) in [6.07, 6.45) is 3.39. The maximum absolute atomic E-state index is 11.2. The quantitative estimate of drug-likeness (QED) is 0.679. The number of fused-ring (bicyclic) bond motifs is 1. The number of aryl methyl sites for hydroxylation is 1. The number of aromatic carboxylic acids is 1. The Balaban J connectivity index is 2.48. The fourth-order valence-corrected chi connectivity index (χ4v) is 1.98. The molecule has 0 aliphatic carbocycles. The lowest BCUT2D eigenvalue weighted by Gasteiger charge is -2.02. The summed E-state index contributed by atoms with van der Waals surface area (Å²) in [6.45, 7) is 0.861. The third kappa shape index (κ3) is 2.14. The summed E-state index contributed by atoms with van der Waals surface area (Å²) < 4.78 is 1.76. The van der Waals surface area contributed by atoms with Crippen molar-refractivity contribution < 1.29 is 9.90 Å². The molecule has 2 rings (SSSR count). The minimum Gasteiger partial charge on any atom is -0.476 e. The van der Waals surface area contributed by atoms with E-state index in [4.69, 9.17) is 10.8 Å². The first-order chi connectivity index (χ1) is 8.65. The topological polar surface area (TPSA) is 92.6 Å². The van der Waals surface area contributed by atoms with E-state index in [9.17, 15) is 4.79 Å². The van der Waals surface area contributed by atoms with E-state index in [1.807, 2.05) is 7.05 Å². The zero-order valence-electron chi connectivity index (χ0n) is 10.2. The van der Waals surface area contributed by atoms with Gasteiger partial charge in [-0.05, 0) is 32.1 Å². The van der Waals surface area contributed by atoms with Gasteiger partial charge in [-0.25, -0.2) is 9.78 Å². The maximum Gasteiger partial charge on any atom is 0.356 e. The number of nitrogens with one attached hydrogen (secondary N) is 1. The van der Waals surface area contributed by atoms with Crippen molar-refractivity contribution in [3.63, 3.8) is 0 Å². The number of carbonyl (C=O) groups is 1. The molecule has 0 fully saturated rings. The summed E-state index contributed by atoms with van der Waals surface area (Å²) in [7, 11) is 1.88. The third-order valence-corrected chi connectivity index (χ3v) is 2.80. The molecule has 4 N–H and O–H groups in total. The SMILES string of the molecule is CNCCCc1nc(C(=O)O)c2c(N)cccn12. The van der Waals surface area contributed by atoms with Crippen LogP contribution in [-0.4, -0.2) is 34.1 Å². The highest BCUT2D eigenvalue weighted by Crippen LogP contribution is 2.20. The molecule has 96 valence electrons. The first-order valence-corrected chi connectivity index (χ1v) is 5.78. The van der Waals surface area contributed by atoms with Crippen LogP contribution in [0, 0.1) is 0 Å². The highest BCUT2D eigenvalue weighted by molar-refractivity contribution is 5.97. The molecule has 0 radical (unpaired) electrons. The Morgan fingerprint density at radius 3 is 3.06 bits per heavy atom. The number of nitrogens with two attached hydrogens (primary N) is 1. The van der Waals surface area contributed by atoms with Crippen molar-refractivity contribution in [1.82, 2.24) is 14.7 Å². The fourth-order valence-electron chi connectivity index (χ4n) is 1.98. The van der Waals surface area contributed by atoms with Gasteiger partial charge in [-0.2, -0.15) is 0 Å². The first kappa shape index (κ1) is 12.4. The van der Waals surface area contributed by atoms with Crippen molar-refractivity contribution in [3.05, 3.63) is 29.8 Å². The van der Waals surface area contributed by atoms with E-state index in [0.29, 0.717) is 17.6 Å². The highest BCUT2D eigenvalue weighted by atomic mass is 16.4. The Morgan fingerprint density at radius 1 is 1.61 bits per heavy atom. The molecule has 0 saturated heterocycles. The normalized spacial score (nSPS) is 10.9. The third-order valence-electron chi connectivity index (χ3n) is 2.80. The number of rotatable bonds is 5. The van der Waals surface area contributed by atoms with Crippen LogP contribution in [-0.2, 0) is 6.42 Å². The van der Waals surface area contributed by atoms with Gasteiger partial charge in [0, 0.05) is 12.6 Å². The van der Waals surface area contributed by atoms with E-state index in [1.165, 1.54) is 0 Å². The Morgan fingerprint density at radius 2 is 2.39 bits per heavy atom. The second-order valence-electron chi connectivity index (χ2n) is 4.07. The van der Waals surface area contributed by atoms with Gasteiger partial charge in [0.05, 0.1) is 5.69 Å². The van der Waals surface area contributed by atoms with Gasteiger partial charge >= 0.3 is 5.97 Å². The van der Waals surface area contributed by atoms with E-state index < -0.39 is 5.97 Å². The molecule has 0 amide bonds. The summed E-state index contributed by atoms with van der Waals surface area (Å²) in [4.78, 5) is 15.3. The van der Waals surface area contributed by atoms with Crippen LogP contribution in [0.5, 0.6) is 0 Å². The maximum atomic E-state index is 11.2. The van der Waals surface area contributed by atoms with Gasteiger partial charge in [0.2, 0.25) is 0 Å². The van der Waals surface area contributed by atoms with E-state index >= 15 is 0 Å². The van der Waals surface area contributed by atoms with Crippen LogP contribution in [0.2, 0.25) is 0 Å². The largest absolute Gasteiger partial charge is 0.476 e. The predicted molar refractivity (Wildman–Crippen MR) is 68.8 cm³/mol. The standard InChI is InChI=1S/C12H16N4O2/c1-14-6-2-5-9-15-10(12(17)18)11-8(13)4-3-7-16(9)11/h3-4,7,14H,2,5-6,13H2,1H3,(H,17,18). The zero-order chi connectivity index (χ0) is 13.1. The first-order valence-electron chi connectivity index (χ1n) is 5.78. The number of hydrogen-bond donors (Lipinski definition) is 3. The second kappa shape index (κ2) is 5.05. The highest BCUT2D eigenvalue weighted by Gasteiger charge is 2.18. The summed E-state index contributed by atoms with van der Waals surface area (Å²) in [5, 5.41) is 12.2. The number of carboxylic acid groups (broad SMARTS) is 1. The Labute approximate surface area is 104 Å². The zero-order valence-corrected chi connectivity index (χ0v) is 10.2. The van der Waals surface area contributed by atoms with Crippen molar-refractivity contribution in [1.29, 1.82) is 0 Å². The smallest absolute Gasteiger partial charge is 0.356 e. The molecule has 0 aliphatic heterocycles. The summed E-state index contributed by atoms with van der Waals surface area (Å²) in [5.74, 6) is -0.324. The van der Waals surface area contributed by atoms with E-state index in [1.54, 1.807) is 22.7 Å². The van der Waals surface area contributed by atoms with Crippen molar-refractivity contribution in [3.8, 4) is 0 Å². The molecule has 2 aromatic rings. The average molecular weight is 248 g/mol. The molecule has 18 heavy (non-hydrogen) atoms. The number of hydrogen-bond acceptors (Lipinski definition) is 4. The summed E-state index contributed by atoms with van der Waals surface area (Å²) in [6, 6.07) is 3.47. The fraction of sp³-hybridized carbons (Fsp3) is 0.333. The average Bonchev–Trinajstić information content (AvgIpc) is 2.70. The van der Waals surface area contributed by atoms with Crippen LogP contribution in [0.3, 0.4) is 0 Å². The van der Waals surface area contributed by atoms with Crippen LogP contribution < -0.4 is 11.1 Å². The monoisotopic (exact) mass is 248 g/mol. The molecule has 6 nitrogen and oxygen atoms in total. The number of nitrogens with zero attached hydrogens (tertiary/aromatic N) is 2.